The number of carboxylic acid groups (broad SMARTS) is 1. The van der Waals surface area contributed by atoms with Crippen molar-refractivity contribution in [2.24, 2.45) is 0 Å². The number of aromatic nitrogens is 2. The highest BCUT2D eigenvalue weighted by molar-refractivity contribution is 5.69. The van der Waals surface area contributed by atoms with Gasteiger partial charge in [-0.1, -0.05) is 99.8 Å². The summed E-state index contributed by atoms with van der Waals surface area (Å²) in [4.78, 5) is 17.6. The molecule has 0 fully saturated rings. The molecule has 0 radical (unpaired) electrons. The minimum absolute atomic E-state index is 0.221. The lowest BCUT2D eigenvalue weighted by Gasteiger charge is -2.21. The number of benzene rings is 2. The monoisotopic (exact) mass is 573 g/mol. The van der Waals surface area contributed by atoms with Crippen molar-refractivity contribution in [3.8, 4) is 0 Å². The summed E-state index contributed by atoms with van der Waals surface area (Å²) in [5, 5.41) is 13.4. The second-order valence-corrected chi connectivity index (χ2v) is 10.7. The van der Waals surface area contributed by atoms with Crippen LogP contribution < -0.4 is 0 Å². The Labute approximate surface area is 241 Å². The summed E-state index contributed by atoms with van der Waals surface area (Å²) in [5.41, 5.74) is 1.91. The highest BCUT2D eigenvalue weighted by Crippen LogP contribution is 2.29. The van der Waals surface area contributed by atoms with E-state index in [1.54, 1.807) is 4.90 Å². The van der Waals surface area contributed by atoms with Crippen LogP contribution in [0.25, 0.3) is 0 Å². The van der Waals surface area contributed by atoms with Crippen LogP contribution in [0, 0.1) is 0 Å². The van der Waals surface area contributed by atoms with Crippen LogP contribution in [0.2, 0.25) is 0 Å². The topological polar surface area (TPSA) is 79.5 Å². The molecule has 9 heteroatoms. The van der Waals surface area contributed by atoms with E-state index in [1.165, 1.54) is 63.5 Å². The van der Waals surface area contributed by atoms with Gasteiger partial charge in [-0.15, -0.1) is 0 Å². The molecule has 6 nitrogen and oxygen atoms in total. The Hall–Kier alpha value is -3.20. The minimum atomic E-state index is -4.40. The van der Waals surface area contributed by atoms with Crippen LogP contribution in [0.5, 0.6) is 0 Å². The molecule has 3 rings (SSSR count). The first kappa shape index (κ1) is 32.3. The van der Waals surface area contributed by atoms with Crippen molar-refractivity contribution in [3.05, 3.63) is 82.5 Å². The fourth-order valence-electron chi connectivity index (χ4n) is 4.82. The average molecular weight is 574 g/mol. The summed E-state index contributed by atoms with van der Waals surface area (Å²) >= 11 is 0. The molecule has 41 heavy (non-hydrogen) atoms. The van der Waals surface area contributed by atoms with E-state index < -0.39 is 17.7 Å². The maximum Gasteiger partial charge on any atom is 0.416 e. The number of carboxylic acids is 1. The Kier molecular flexibility index (Phi) is 13.3. The molecule has 1 aromatic heterocycles. The van der Waals surface area contributed by atoms with Gasteiger partial charge in [-0.25, -0.2) is 0 Å². The van der Waals surface area contributed by atoms with Gasteiger partial charge in [0.05, 0.1) is 12.1 Å². The third kappa shape index (κ3) is 12.5. The number of hydrogen-bond acceptors (Lipinski definition) is 5. The largest absolute Gasteiger partial charge is 0.480 e. The lowest BCUT2D eigenvalue weighted by Crippen LogP contribution is -2.29. The average Bonchev–Trinajstić information content (AvgIpc) is 3.39. The smallest absolute Gasteiger partial charge is 0.416 e. The highest BCUT2D eigenvalue weighted by Gasteiger charge is 2.30. The normalized spacial score (nSPS) is 11.8. The number of alkyl halides is 3. The number of hydrogen-bond donors (Lipinski definition) is 1. The van der Waals surface area contributed by atoms with E-state index in [9.17, 15) is 23.1 Å². The van der Waals surface area contributed by atoms with Gasteiger partial charge in [0.1, 0.15) is 0 Å². The third-order valence-electron chi connectivity index (χ3n) is 7.12. The van der Waals surface area contributed by atoms with E-state index in [0.717, 1.165) is 48.3 Å². The van der Waals surface area contributed by atoms with Crippen LogP contribution in [-0.4, -0.2) is 32.7 Å². The number of halogens is 3. The van der Waals surface area contributed by atoms with Crippen molar-refractivity contribution >= 4 is 5.97 Å². The maximum atomic E-state index is 12.8. The van der Waals surface area contributed by atoms with E-state index >= 15 is 0 Å². The summed E-state index contributed by atoms with van der Waals surface area (Å²) in [6, 6.07) is 12.7. The Morgan fingerprint density at radius 2 is 1.32 bits per heavy atom. The maximum absolute atomic E-state index is 12.8. The van der Waals surface area contributed by atoms with Crippen molar-refractivity contribution in [3.63, 3.8) is 0 Å². The van der Waals surface area contributed by atoms with Crippen LogP contribution in [-0.2, 0) is 43.3 Å². The first-order valence-corrected chi connectivity index (χ1v) is 14.7. The molecule has 0 saturated carbocycles. The second-order valence-electron chi connectivity index (χ2n) is 10.7. The summed E-state index contributed by atoms with van der Waals surface area (Å²) in [7, 11) is 0. The number of unbranched alkanes of at least 4 members (excludes halogenated alkanes) is 8. The zero-order valence-corrected chi connectivity index (χ0v) is 24.0. The molecule has 0 aliphatic heterocycles. The van der Waals surface area contributed by atoms with Crippen LogP contribution in [0.15, 0.2) is 53.1 Å². The molecule has 0 atom stereocenters. The van der Waals surface area contributed by atoms with E-state index in [1.807, 2.05) is 24.3 Å². The molecule has 0 spiro atoms. The Balaban J connectivity index is 1.41. The van der Waals surface area contributed by atoms with Crippen LogP contribution in [0.1, 0.15) is 98.7 Å². The fourth-order valence-corrected chi connectivity index (χ4v) is 4.82. The van der Waals surface area contributed by atoms with Crippen LogP contribution in [0.3, 0.4) is 0 Å². The third-order valence-corrected chi connectivity index (χ3v) is 7.12. The predicted molar refractivity (Wildman–Crippen MR) is 152 cm³/mol. The second kappa shape index (κ2) is 16.9. The van der Waals surface area contributed by atoms with E-state index in [-0.39, 0.29) is 13.1 Å². The molecule has 0 aliphatic carbocycles. The summed E-state index contributed by atoms with van der Waals surface area (Å²) in [6.45, 7) is 2.61. The molecule has 0 saturated heterocycles. The number of carbonyl (C=O) groups is 1. The number of aryl methyl sites for hydroxylation is 3. The SMILES string of the molecule is CCCCCCCCCCCc1noc(CCc2ccc(CN(CC(=O)O)Cc3ccc(C(F)(F)F)cc3)cc2)n1. The first-order valence-electron chi connectivity index (χ1n) is 14.7. The van der Waals surface area contributed by atoms with Crippen molar-refractivity contribution < 1.29 is 27.6 Å². The van der Waals surface area contributed by atoms with Crippen molar-refractivity contribution in [1.82, 2.24) is 15.0 Å². The summed E-state index contributed by atoms with van der Waals surface area (Å²) in [5.74, 6) is 0.402. The molecule has 0 bridgehead atoms. The molecule has 224 valence electrons. The highest BCUT2D eigenvalue weighted by atomic mass is 19.4. The Morgan fingerprint density at radius 1 is 0.780 bits per heavy atom. The van der Waals surface area contributed by atoms with Crippen molar-refractivity contribution in [2.45, 2.75) is 103 Å². The molecule has 2 aromatic carbocycles. The van der Waals surface area contributed by atoms with Gasteiger partial charge in [0.2, 0.25) is 5.89 Å². The van der Waals surface area contributed by atoms with Gasteiger partial charge in [-0.05, 0) is 41.7 Å². The number of rotatable bonds is 19. The van der Waals surface area contributed by atoms with Gasteiger partial charge in [0.15, 0.2) is 5.82 Å². The van der Waals surface area contributed by atoms with Gasteiger partial charge >= 0.3 is 12.1 Å². The Morgan fingerprint density at radius 3 is 1.88 bits per heavy atom. The van der Waals surface area contributed by atoms with E-state index in [2.05, 4.69) is 17.1 Å². The number of nitrogens with zero attached hydrogens (tertiary/aromatic N) is 3. The van der Waals surface area contributed by atoms with Gasteiger partial charge in [-0.3, -0.25) is 9.69 Å². The van der Waals surface area contributed by atoms with Gasteiger partial charge in [0, 0.05) is 25.9 Å². The van der Waals surface area contributed by atoms with Gasteiger partial charge in [0.25, 0.3) is 0 Å². The lowest BCUT2D eigenvalue weighted by molar-refractivity contribution is -0.139. The molecule has 0 amide bonds. The molecular formula is C32H42F3N3O3. The minimum Gasteiger partial charge on any atom is -0.480 e. The lowest BCUT2D eigenvalue weighted by atomic mass is 10.1. The predicted octanol–water partition coefficient (Wildman–Crippen LogP) is 8.03. The number of aliphatic carboxylic acids is 1. The molecule has 1 heterocycles. The van der Waals surface area contributed by atoms with Crippen molar-refractivity contribution in [1.29, 1.82) is 0 Å². The summed E-state index contributed by atoms with van der Waals surface area (Å²) in [6.07, 6.45) is 9.31. The van der Waals surface area contributed by atoms with E-state index in [4.69, 9.17) is 4.52 Å². The van der Waals surface area contributed by atoms with Gasteiger partial charge in [-0.2, -0.15) is 18.2 Å². The molecule has 1 N–H and O–H groups in total. The molecule has 3 aromatic rings. The zero-order valence-electron chi connectivity index (χ0n) is 24.0. The summed E-state index contributed by atoms with van der Waals surface area (Å²) < 4.78 is 44.0. The van der Waals surface area contributed by atoms with Crippen molar-refractivity contribution in [2.75, 3.05) is 6.54 Å². The molecule has 0 aliphatic rings. The van der Waals surface area contributed by atoms with Crippen LogP contribution >= 0.6 is 0 Å². The fraction of sp³-hybridized carbons (Fsp3) is 0.531. The molecule has 0 unspecified atom stereocenters. The van der Waals surface area contributed by atoms with Gasteiger partial charge < -0.3 is 9.63 Å². The first-order chi connectivity index (χ1) is 19.7. The standard InChI is InChI=1S/C32H42F3N3O3/c1-2-3-4-5-6-7-8-9-10-11-29-36-30(41-37-29)21-18-25-12-14-26(15-13-25)22-38(24-31(39)40)23-27-16-19-28(20-17-27)32(33,34)35/h12-17,19-20H,2-11,18,21-24H2,1H3,(H,39,40). The zero-order chi connectivity index (χ0) is 29.5. The quantitative estimate of drug-likeness (QED) is 0.146. The Bertz CT molecular complexity index is 1160. The van der Waals surface area contributed by atoms with E-state index in [0.29, 0.717) is 24.4 Å². The van der Waals surface area contributed by atoms with Crippen LogP contribution in [0.4, 0.5) is 13.2 Å². The molecular weight excluding hydrogens is 531 g/mol.